The molecule has 0 aliphatic heterocycles. The molecule has 0 radical (unpaired) electrons. The highest BCUT2D eigenvalue weighted by Crippen LogP contribution is 2.28. The quantitative estimate of drug-likeness (QED) is 0.367. The Morgan fingerprint density at radius 1 is 1.25 bits per heavy atom. The molecule has 1 aromatic rings. The summed E-state index contributed by atoms with van der Waals surface area (Å²) in [7, 11) is 0. The summed E-state index contributed by atoms with van der Waals surface area (Å²) in [5.74, 6) is 0. The van der Waals surface area contributed by atoms with Crippen LogP contribution in [-0.2, 0) is 0 Å². The van der Waals surface area contributed by atoms with Crippen LogP contribution < -0.4 is 10.6 Å². The predicted octanol–water partition coefficient (Wildman–Crippen LogP) is 0.885. The lowest BCUT2D eigenvalue weighted by Gasteiger charge is -2.09. The molecule has 9 heteroatoms. The van der Waals surface area contributed by atoms with Crippen LogP contribution >= 0.6 is 0 Å². The fourth-order valence-corrected chi connectivity index (χ4v) is 1.53. The molecule has 0 aliphatic carbocycles. The summed E-state index contributed by atoms with van der Waals surface area (Å²) in [6.07, 6.45) is -0.469. The first-order valence-electron chi connectivity index (χ1n) is 5.97. The van der Waals surface area contributed by atoms with Gasteiger partial charge in [0.1, 0.15) is 5.69 Å². The first-order chi connectivity index (χ1) is 9.41. The summed E-state index contributed by atoms with van der Waals surface area (Å²) in [5, 5.41) is 36.2. The van der Waals surface area contributed by atoms with Crippen LogP contribution in [0.15, 0.2) is 18.2 Å². The van der Waals surface area contributed by atoms with E-state index in [1.54, 1.807) is 6.92 Å². The fraction of sp³-hybridized carbons (Fsp3) is 0.455. The zero-order chi connectivity index (χ0) is 15.1. The SMILES string of the molecule is C[C@@H](O)CNCCNc1ccc([N+](=O)[O-])cc1[N+](=O)[O-]. The third-order valence-electron chi connectivity index (χ3n) is 2.45. The zero-order valence-electron chi connectivity index (χ0n) is 10.9. The first-order valence-corrected chi connectivity index (χ1v) is 5.97. The normalized spacial score (nSPS) is 11.9. The van der Waals surface area contributed by atoms with Gasteiger partial charge in [0, 0.05) is 25.7 Å². The van der Waals surface area contributed by atoms with E-state index in [1.807, 2.05) is 0 Å². The van der Waals surface area contributed by atoms with Crippen molar-refractivity contribution in [2.45, 2.75) is 13.0 Å². The Labute approximate surface area is 114 Å². The lowest BCUT2D eigenvalue weighted by molar-refractivity contribution is -0.393. The van der Waals surface area contributed by atoms with Gasteiger partial charge in [-0.2, -0.15) is 0 Å². The third-order valence-corrected chi connectivity index (χ3v) is 2.45. The van der Waals surface area contributed by atoms with E-state index in [9.17, 15) is 20.2 Å². The molecule has 20 heavy (non-hydrogen) atoms. The van der Waals surface area contributed by atoms with Crippen LogP contribution in [0.2, 0.25) is 0 Å². The topological polar surface area (TPSA) is 131 Å². The van der Waals surface area contributed by atoms with Crippen LogP contribution in [-0.4, -0.2) is 40.7 Å². The van der Waals surface area contributed by atoms with Crippen molar-refractivity contribution in [3.05, 3.63) is 38.4 Å². The Balaban J connectivity index is 2.65. The number of benzene rings is 1. The second-order valence-corrected chi connectivity index (χ2v) is 4.20. The molecular weight excluding hydrogens is 268 g/mol. The van der Waals surface area contributed by atoms with Crippen molar-refractivity contribution < 1.29 is 15.0 Å². The molecular formula is C11H16N4O5. The Morgan fingerprint density at radius 3 is 2.50 bits per heavy atom. The molecule has 0 aliphatic rings. The standard InChI is InChI=1S/C11H16N4O5/c1-8(16)7-12-4-5-13-10-3-2-9(14(17)18)6-11(10)15(19)20/h2-3,6,8,12-13,16H,4-5,7H2,1H3/t8-/m1/s1. The van der Waals surface area contributed by atoms with E-state index in [0.29, 0.717) is 19.6 Å². The molecule has 1 aromatic carbocycles. The summed E-state index contributed by atoms with van der Waals surface area (Å²) in [5.41, 5.74) is -0.441. The minimum Gasteiger partial charge on any atom is -0.392 e. The van der Waals surface area contributed by atoms with Crippen molar-refractivity contribution in [3.63, 3.8) is 0 Å². The zero-order valence-corrected chi connectivity index (χ0v) is 10.9. The second-order valence-electron chi connectivity index (χ2n) is 4.20. The Bertz CT molecular complexity index is 492. The van der Waals surface area contributed by atoms with E-state index in [-0.39, 0.29) is 17.1 Å². The van der Waals surface area contributed by atoms with Gasteiger partial charge in [-0.15, -0.1) is 0 Å². The molecule has 1 atom stereocenters. The van der Waals surface area contributed by atoms with Gasteiger partial charge in [0.25, 0.3) is 11.4 Å². The van der Waals surface area contributed by atoms with E-state index >= 15 is 0 Å². The highest BCUT2D eigenvalue weighted by Gasteiger charge is 2.18. The van der Waals surface area contributed by atoms with Gasteiger partial charge >= 0.3 is 0 Å². The van der Waals surface area contributed by atoms with Gasteiger partial charge < -0.3 is 15.7 Å². The minimum atomic E-state index is -0.680. The summed E-state index contributed by atoms with van der Waals surface area (Å²) < 4.78 is 0. The molecule has 0 amide bonds. The molecule has 0 saturated heterocycles. The van der Waals surface area contributed by atoms with Crippen LogP contribution in [0.3, 0.4) is 0 Å². The van der Waals surface area contributed by atoms with Gasteiger partial charge in [0.2, 0.25) is 0 Å². The molecule has 1 rings (SSSR count). The number of nitrogens with zero attached hydrogens (tertiary/aromatic N) is 2. The van der Waals surface area contributed by atoms with Crippen molar-refractivity contribution >= 4 is 17.1 Å². The minimum absolute atomic E-state index is 0.222. The van der Waals surface area contributed by atoms with Gasteiger partial charge in [-0.3, -0.25) is 20.2 Å². The van der Waals surface area contributed by atoms with E-state index in [1.165, 1.54) is 12.1 Å². The van der Waals surface area contributed by atoms with Crippen molar-refractivity contribution in [2.24, 2.45) is 0 Å². The van der Waals surface area contributed by atoms with Crippen molar-refractivity contribution in [1.82, 2.24) is 5.32 Å². The van der Waals surface area contributed by atoms with E-state index < -0.39 is 16.0 Å². The maximum absolute atomic E-state index is 10.9. The lowest BCUT2D eigenvalue weighted by Crippen LogP contribution is -2.29. The van der Waals surface area contributed by atoms with Gasteiger partial charge in [0.05, 0.1) is 22.0 Å². The number of hydrogen-bond donors (Lipinski definition) is 3. The van der Waals surface area contributed by atoms with E-state index in [2.05, 4.69) is 10.6 Å². The van der Waals surface area contributed by atoms with Crippen LogP contribution in [0.5, 0.6) is 0 Å². The summed E-state index contributed by atoms with van der Waals surface area (Å²) >= 11 is 0. The highest BCUT2D eigenvalue weighted by atomic mass is 16.6. The number of anilines is 1. The Hall–Kier alpha value is -2.26. The number of non-ortho nitro benzene ring substituents is 1. The van der Waals surface area contributed by atoms with Crippen molar-refractivity contribution in [3.8, 4) is 0 Å². The monoisotopic (exact) mass is 284 g/mol. The van der Waals surface area contributed by atoms with Crippen molar-refractivity contribution in [1.29, 1.82) is 0 Å². The van der Waals surface area contributed by atoms with Crippen LogP contribution in [0, 0.1) is 20.2 Å². The maximum atomic E-state index is 10.9. The van der Waals surface area contributed by atoms with Gasteiger partial charge in [-0.1, -0.05) is 0 Å². The average molecular weight is 284 g/mol. The Kier molecular flexibility index (Phi) is 5.81. The fourth-order valence-electron chi connectivity index (χ4n) is 1.53. The van der Waals surface area contributed by atoms with Gasteiger partial charge in [-0.25, -0.2) is 0 Å². The summed E-state index contributed by atoms with van der Waals surface area (Å²) in [6.45, 7) is 2.95. The highest BCUT2D eigenvalue weighted by molar-refractivity contribution is 5.65. The van der Waals surface area contributed by atoms with Gasteiger partial charge in [-0.05, 0) is 13.0 Å². The number of nitro benzene ring substituents is 2. The summed E-state index contributed by atoms with van der Waals surface area (Å²) in [6, 6.07) is 3.44. The maximum Gasteiger partial charge on any atom is 0.299 e. The largest absolute Gasteiger partial charge is 0.392 e. The molecule has 0 aromatic heterocycles. The first kappa shape index (κ1) is 15.8. The molecule has 0 unspecified atom stereocenters. The average Bonchev–Trinajstić information content (AvgIpc) is 2.37. The number of hydrogen-bond acceptors (Lipinski definition) is 7. The van der Waals surface area contributed by atoms with E-state index in [0.717, 1.165) is 6.07 Å². The smallest absolute Gasteiger partial charge is 0.299 e. The van der Waals surface area contributed by atoms with Gasteiger partial charge in [0.15, 0.2) is 0 Å². The molecule has 110 valence electrons. The molecule has 0 spiro atoms. The number of nitro groups is 2. The number of aliphatic hydroxyl groups is 1. The second kappa shape index (κ2) is 7.36. The molecule has 0 fully saturated rings. The van der Waals surface area contributed by atoms with Crippen LogP contribution in [0.25, 0.3) is 0 Å². The van der Waals surface area contributed by atoms with Crippen molar-refractivity contribution in [2.75, 3.05) is 25.0 Å². The van der Waals surface area contributed by atoms with E-state index in [4.69, 9.17) is 5.11 Å². The Morgan fingerprint density at radius 2 is 1.95 bits per heavy atom. The molecule has 0 heterocycles. The molecule has 0 saturated carbocycles. The lowest BCUT2D eigenvalue weighted by atomic mass is 10.2. The number of aliphatic hydroxyl groups excluding tert-OH is 1. The number of rotatable bonds is 8. The van der Waals surface area contributed by atoms with Crippen LogP contribution in [0.1, 0.15) is 6.92 Å². The summed E-state index contributed by atoms with van der Waals surface area (Å²) in [4.78, 5) is 20.1. The third kappa shape index (κ3) is 4.78. The molecule has 9 nitrogen and oxygen atoms in total. The van der Waals surface area contributed by atoms with Crippen LogP contribution in [0.4, 0.5) is 17.1 Å². The predicted molar refractivity (Wildman–Crippen MR) is 72.8 cm³/mol. The molecule has 3 N–H and O–H groups in total. The number of nitrogens with one attached hydrogen (secondary N) is 2. The molecule has 0 bridgehead atoms.